The Labute approximate surface area is 183 Å². The molecule has 0 saturated carbocycles. The Morgan fingerprint density at radius 1 is 1.23 bits per heavy atom. The molecule has 0 N–H and O–H groups in total. The number of rotatable bonds is 4. The van der Waals surface area contributed by atoms with Gasteiger partial charge in [-0.15, -0.1) is 11.3 Å². The van der Waals surface area contributed by atoms with Crippen molar-refractivity contribution in [2.45, 2.75) is 46.5 Å². The summed E-state index contributed by atoms with van der Waals surface area (Å²) in [5, 5.41) is 0.620. The number of aromatic nitrogens is 1. The largest absolute Gasteiger partial charge is 0.462 e. The van der Waals surface area contributed by atoms with E-state index in [2.05, 4.69) is 4.57 Å². The minimum atomic E-state index is -0.284. The molecular formula is C22H24N2O4S2. The maximum absolute atomic E-state index is 12.9. The lowest BCUT2D eigenvalue weighted by Gasteiger charge is -2.13. The van der Waals surface area contributed by atoms with E-state index in [1.807, 2.05) is 26.8 Å². The van der Waals surface area contributed by atoms with Crippen LogP contribution in [0.3, 0.4) is 0 Å². The third-order valence-electron chi connectivity index (χ3n) is 5.58. The smallest absolute Gasteiger partial charge is 0.341 e. The van der Waals surface area contributed by atoms with Gasteiger partial charge in [0.05, 0.1) is 17.1 Å². The monoisotopic (exact) mass is 444 g/mol. The second kappa shape index (κ2) is 8.07. The fraction of sp³-hybridized carbons (Fsp3) is 0.409. The van der Waals surface area contributed by atoms with E-state index in [0.29, 0.717) is 17.1 Å². The number of thiophene rings is 1. The summed E-state index contributed by atoms with van der Waals surface area (Å²) < 4.78 is 7.48. The van der Waals surface area contributed by atoms with Gasteiger partial charge in [0.2, 0.25) is 0 Å². The lowest BCUT2D eigenvalue weighted by molar-refractivity contribution is -0.121. The number of amides is 2. The van der Waals surface area contributed by atoms with Crippen molar-refractivity contribution in [1.82, 2.24) is 9.47 Å². The number of aryl methyl sites for hydroxylation is 2. The lowest BCUT2D eigenvalue weighted by Crippen LogP contribution is -2.22. The molecule has 30 heavy (non-hydrogen) atoms. The van der Waals surface area contributed by atoms with Crippen LogP contribution in [0.4, 0.5) is 4.79 Å². The number of carbonyl (C=O) groups is 3. The van der Waals surface area contributed by atoms with Crippen LogP contribution in [-0.4, -0.2) is 40.2 Å². The van der Waals surface area contributed by atoms with Crippen molar-refractivity contribution in [3.8, 4) is 5.00 Å². The van der Waals surface area contributed by atoms with E-state index in [0.717, 1.165) is 69.9 Å². The summed E-state index contributed by atoms with van der Waals surface area (Å²) >= 11 is 2.61. The maximum atomic E-state index is 12.9. The molecule has 1 saturated heterocycles. The van der Waals surface area contributed by atoms with Gasteiger partial charge >= 0.3 is 5.97 Å². The van der Waals surface area contributed by atoms with Crippen LogP contribution in [0.25, 0.3) is 11.1 Å². The van der Waals surface area contributed by atoms with Crippen molar-refractivity contribution in [2.75, 3.05) is 13.7 Å². The molecule has 2 aromatic heterocycles. The van der Waals surface area contributed by atoms with E-state index in [1.54, 1.807) is 17.4 Å². The molecule has 1 fully saturated rings. The number of esters is 1. The summed E-state index contributed by atoms with van der Waals surface area (Å²) in [5.74, 6) is -0.554. The molecule has 1 aliphatic carbocycles. The first-order valence-corrected chi connectivity index (χ1v) is 11.7. The van der Waals surface area contributed by atoms with Gasteiger partial charge in [-0.2, -0.15) is 0 Å². The molecule has 2 amide bonds. The Hall–Kier alpha value is -2.32. The van der Waals surface area contributed by atoms with Gasteiger partial charge in [-0.3, -0.25) is 14.5 Å². The first-order chi connectivity index (χ1) is 14.3. The van der Waals surface area contributed by atoms with Crippen LogP contribution in [-0.2, 0) is 22.4 Å². The van der Waals surface area contributed by atoms with Crippen LogP contribution < -0.4 is 0 Å². The number of hydrogen-bond acceptors (Lipinski definition) is 6. The van der Waals surface area contributed by atoms with Crippen molar-refractivity contribution in [3.63, 3.8) is 0 Å². The fourth-order valence-corrected chi connectivity index (χ4v) is 6.36. The van der Waals surface area contributed by atoms with E-state index < -0.39 is 0 Å². The van der Waals surface area contributed by atoms with Gasteiger partial charge in [0, 0.05) is 23.3 Å². The summed E-state index contributed by atoms with van der Waals surface area (Å²) in [6.07, 6.45) is 5.87. The summed E-state index contributed by atoms with van der Waals surface area (Å²) in [4.78, 5) is 39.8. The molecule has 0 unspecified atom stereocenters. The number of ether oxygens (including phenoxy) is 1. The molecule has 0 aromatic carbocycles. The zero-order chi connectivity index (χ0) is 21.6. The SMILES string of the molecule is CCOC(=O)c1c(-n2c(C)cc(/C=C3/SC(=O)N(C)C3=O)c2C)sc2c1CCCC2. The van der Waals surface area contributed by atoms with Gasteiger partial charge < -0.3 is 9.30 Å². The van der Waals surface area contributed by atoms with Crippen molar-refractivity contribution < 1.29 is 19.1 Å². The first-order valence-electron chi connectivity index (χ1n) is 10.1. The summed E-state index contributed by atoms with van der Waals surface area (Å²) in [5.41, 5.74) is 4.57. The number of carbonyl (C=O) groups excluding carboxylic acids is 3. The van der Waals surface area contributed by atoms with Gasteiger partial charge in [-0.25, -0.2) is 4.79 Å². The summed E-state index contributed by atoms with van der Waals surface area (Å²) in [7, 11) is 1.49. The average Bonchev–Trinajstić information content (AvgIpc) is 3.30. The number of hydrogen-bond donors (Lipinski definition) is 0. The van der Waals surface area contributed by atoms with E-state index in [4.69, 9.17) is 4.74 Å². The first kappa shape index (κ1) is 20.9. The molecule has 2 aromatic rings. The molecule has 158 valence electrons. The second-order valence-electron chi connectivity index (χ2n) is 7.51. The van der Waals surface area contributed by atoms with E-state index in [-0.39, 0.29) is 17.1 Å². The number of likely N-dealkylation sites (N-methyl/N-ethyl adjacent to an activating group) is 1. The minimum absolute atomic E-state index is 0.268. The molecule has 3 heterocycles. The van der Waals surface area contributed by atoms with Gasteiger partial charge in [-0.1, -0.05) is 0 Å². The van der Waals surface area contributed by atoms with E-state index in [1.165, 1.54) is 11.9 Å². The quantitative estimate of drug-likeness (QED) is 0.497. The van der Waals surface area contributed by atoms with Crippen LogP contribution in [0.1, 0.15) is 57.5 Å². The Morgan fingerprint density at radius 2 is 1.97 bits per heavy atom. The average molecular weight is 445 g/mol. The summed E-state index contributed by atoms with van der Waals surface area (Å²) in [6.45, 7) is 6.12. The van der Waals surface area contributed by atoms with E-state index in [9.17, 15) is 14.4 Å². The third kappa shape index (κ3) is 3.41. The Kier molecular flexibility index (Phi) is 5.63. The molecule has 8 heteroatoms. The van der Waals surface area contributed by atoms with Crippen molar-refractivity contribution in [2.24, 2.45) is 0 Å². The maximum Gasteiger partial charge on any atom is 0.341 e. The van der Waals surface area contributed by atoms with Crippen molar-refractivity contribution in [1.29, 1.82) is 0 Å². The zero-order valence-electron chi connectivity index (χ0n) is 17.5. The minimum Gasteiger partial charge on any atom is -0.462 e. The highest BCUT2D eigenvalue weighted by Gasteiger charge is 2.33. The Morgan fingerprint density at radius 3 is 2.63 bits per heavy atom. The topological polar surface area (TPSA) is 68.6 Å². The van der Waals surface area contributed by atoms with Crippen molar-refractivity contribution in [3.05, 3.63) is 43.9 Å². The highest BCUT2D eigenvalue weighted by Crippen LogP contribution is 2.40. The fourth-order valence-electron chi connectivity index (χ4n) is 4.06. The highest BCUT2D eigenvalue weighted by molar-refractivity contribution is 8.18. The van der Waals surface area contributed by atoms with Gasteiger partial charge in [0.15, 0.2) is 0 Å². The van der Waals surface area contributed by atoms with Gasteiger partial charge in [0.1, 0.15) is 5.00 Å². The molecule has 6 nitrogen and oxygen atoms in total. The number of nitrogens with zero attached hydrogens (tertiary/aromatic N) is 2. The lowest BCUT2D eigenvalue weighted by atomic mass is 9.95. The standard InChI is InChI=1S/C22H24N2O4S2/c1-5-28-21(26)18-15-8-6-7-9-16(15)29-20(18)24-12(2)10-14(13(24)3)11-17-19(25)23(4)22(27)30-17/h10-11H,5-9H2,1-4H3/b17-11+. The molecule has 0 atom stereocenters. The number of thioether (sulfide) groups is 1. The molecule has 0 spiro atoms. The predicted molar refractivity (Wildman–Crippen MR) is 119 cm³/mol. The van der Waals surface area contributed by atoms with Crippen molar-refractivity contribution >= 4 is 46.3 Å². The predicted octanol–water partition coefficient (Wildman–Crippen LogP) is 4.88. The van der Waals surface area contributed by atoms with E-state index >= 15 is 0 Å². The van der Waals surface area contributed by atoms with Crippen LogP contribution in [0.15, 0.2) is 11.0 Å². The molecule has 2 aliphatic rings. The van der Waals surface area contributed by atoms with Crippen LogP contribution in [0, 0.1) is 13.8 Å². The van der Waals surface area contributed by atoms with Gasteiger partial charge in [-0.05, 0) is 81.5 Å². The molecule has 1 aliphatic heterocycles. The molecule has 4 rings (SSSR count). The molecule has 0 radical (unpaired) electrons. The molecule has 0 bridgehead atoms. The van der Waals surface area contributed by atoms with Crippen LogP contribution in [0.2, 0.25) is 0 Å². The normalized spacial score (nSPS) is 17.7. The zero-order valence-corrected chi connectivity index (χ0v) is 19.2. The number of imide groups is 1. The highest BCUT2D eigenvalue weighted by atomic mass is 32.2. The van der Waals surface area contributed by atoms with Crippen LogP contribution in [0.5, 0.6) is 0 Å². The summed E-state index contributed by atoms with van der Waals surface area (Å²) in [6, 6.07) is 1.99. The Balaban J connectivity index is 1.83. The second-order valence-corrected chi connectivity index (χ2v) is 9.59. The van der Waals surface area contributed by atoms with Gasteiger partial charge in [0.25, 0.3) is 11.1 Å². The Bertz CT molecular complexity index is 1090. The third-order valence-corrected chi connectivity index (χ3v) is 7.82. The molecular weight excluding hydrogens is 420 g/mol. The van der Waals surface area contributed by atoms with Crippen LogP contribution >= 0.6 is 23.1 Å². The number of fused-ring (bicyclic) bond motifs is 1.